The number of carbonyl (C=O) groups excluding carboxylic acids is 2. The highest BCUT2D eigenvalue weighted by Gasteiger charge is 2.15. The van der Waals surface area contributed by atoms with Crippen LogP contribution in [-0.4, -0.2) is 94.4 Å². The van der Waals surface area contributed by atoms with Gasteiger partial charge in [-0.1, -0.05) is 127 Å². The Morgan fingerprint density at radius 1 is 0.406 bits per heavy atom. The number of rotatable bonds is 55. The molecular weight excluding hydrogens is 885 g/mol. The maximum Gasteiger partial charge on any atom is 0.305 e. The van der Waals surface area contributed by atoms with Gasteiger partial charge in [0, 0.05) is 45.0 Å². The van der Waals surface area contributed by atoms with Crippen molar-refractivity contribution in [2.45, 2.75) is 246 Å². The lowest BCUT2D eigenvalue weighted by atomic mass is 10.1. The van der Waals surface area contributed by atoms with Crippen molar-refractivity contribution in [1.29, 1.82) is 0 Å². The summed E-state index contributed by atoms with van der Waals surface area (Å²) in [4.78, 5) is 27.8. The molecule has 0 amide bonds. The van der Waals surface area contributed by atoms with Crippen molar-refractivity contribution in [3.63, 3.8) is 0 Å². The first-order valence-electron chi connectivity index (χ1n) is 28.4. The van der Waals surface area contributed by atoms with Crippen molar-refractivity contribution < 1.29 is 38.0 Å². The number of unbranched alkanes of at least 4 members (excludes halogenated alkanes) is 17. The molecule has 11 heteroatoms. The van der Waals surface area contributed by atoms with E-state index in [9.17, 15) is 9.59 Å². The molecule has 0 radical (unpaired) electrons. The minimum absolute atomic E-state index is 0.158. The Hall–Kier alpha value is -1.99. The van der Waals surface area contributed by atoms with E-state index in [0.29, 0.717) is 65.3 Å². The van der Waals surface area contributed by atoms with Gasteiger partial charge in [0.15, 0.2) is 12.6 Å². The van der Waals surface area contributed by atoms with Gasteiger partial charge >= 0.3 is 11.9 Å². The third-order valence-corrected chi connectivity index (χ3v) is 12.3. The molecule has 0 saturated carbocycles. The SMILES string of the molecule is CC/C=C\CCCCOC(CCC(=O)OCCCCCCCN(CCCCCCCOC(=O)CCC(OCCCC/C=C\CC)OCCCC/C=C\CC)CCCCSN)OCCCC/C=C\CC. The van der Waals surface area contributed by atoms with Crippen LogP contribution in [0, 0.1) is 0 Å². The molecule has 0 rings (SSSR count). The van der Waals surface area contributed by atoms with Crippen LogP contribution in [0.5, 0.6) is 0 Å². The van der Waals surface area contributed by atoms with Crippen LogP contribution in [0.4, 0.5) is 0 Å². The van der Waals surface area contributed by atoms with Gasteiger partial charge in [-0.3, -0.25) is 14.7 Å². The molecule has 0 bridgehead atoms. The lowest BCUT2D eigenvalue weighted by Gasteiger charge is -2.22. The maximum absolute atomic E-state index is 12.6. The predicted octanol–water partition coefficient (Wildman–Crippen LogP) is 15.5. The lowest BCUT2D eigenvalue weighted by molar-refractivity contribution is -0.159. The number of allylic oxidation sites excluding steroid dienone is 8. The average Bonchev–Trinajstić information content (AvgIpc) is 3.35. The van der Waals surface area contributed by atoms with E-state index in [-0.39, 0.29) is 24.5 Å². The highest BCUT2D eigenvalue weighted by Crippen LogP contribution is 2.14. The molecule has 0 aliphatic carbocycles. The van der Waals surface area contributed by atoms with Crippen LogP contribution in [0.3, 0.4) is 0 Å². The fraction of sp³-hybridized carbons (Fsp3) is 0.828. The molecule has 0 heterocycles. The first-order valence-corrected chi connectivity index (χ1v) is 29.5. The van der Waals surface area contributed by atoms with Gasteiger partial charge in [-0.2, -0.15) is 0 Å². The molecule has 0 aliphatic heterocycles. The van der Waals surface area contributed by atoms with Gasteiger partial charge in [0.25, 0.3) is 0 Å². The molecule has 0 fully saturated rings. The summed E-state index contributed by atoms with van der Waals surface area (Å²) >= 11 is 1.44. The van der Waals surface area contributed by atoms with Crippen molar-refractivity contribution in [1.82, 2.24) is 4.90 Å². The van der Waals surface area contributed by atoms with Crippen LogP contribution in [0.25, 0.3) is 0 Å². The van der Waals surface area contributed by atoms with E-state index in [0.717, 1.165) is 173 Å². The molecule has 0 saturated heterocycles. The number of nitrogens with zero attached hydrogens (tertiary/aromatic N) is 1. The normalized spacial score (nSPS) is 12.2. The van der Waals surface area contributed by atoms with Gasteiger partial charge < -0.3 is 33.3 Å². The molecule has 0 aromatic rings. The van der Waals surface area contributed by atoms with E-state index in [2.05, 4.69) is 81.2 Å². The van der Waals surface area contributed by atoms with E-state index in [4.69, 9.17) is 33.6 Å². The van der Waals surface area contributed by atoms with Crippen LogP contribution >= 0.6 is 11.9 Å². The number of nitrogens with two attached hydrogens (primary N) is 1. The quantitative estimate of drug-likeness (QED) is 0.0206. The Balaban J connectivity index is 4.37. The first kappa shape index (κ1) is 67.0. The number of ether oxygens (including phenoxy) is 6. The standard InChI is InChI=1S/C58H108N2O8S/c1-5-9-13-17-25-36-50-65-57(66-51-37-26-18-14-10-6-2)43-41-55(61)63-48-34-29-21-23-31-45-60(47-33-40-54-69-59)46-32-24-22-30-35-49-64-56(62)42-44-58(67-52-38-27-19-15-11-7-3)68-53-39-28-20-16-12-8-4/h9-16,57-58H,5-8,17-54,59H2,1-4H3/b13-9-,14-10-,15-11-,16-12-. The number of hydrogen-bond donors (Lipinski definition) is 1. The van der Waals surface area contributed by atoms with Crippen molar-refractivity contribution in [3.05, 3.63) is 48.6 Å². The molecule has 0 unspecified atom stereocenters. The van der Waals surface area contributed by atoms with Crippen LogP contribution in [-0.2, 0) is 38.0 Å². The predicted molar refractivity (Wildman–Crippen MR) is 293 cm³/mol. The molecule has 10 nitrogen and oxygen atoms in total. The largest absolute Gasteiger partial charge is 0.466 e. The molecule has 0 spiro atoms. The van der Waals surface area contributed by atoms with Crippen molar-refractivity contribution in [2.75, 3.05) is 65.0 Å². The minimum atomic E-state index is -0.356. The summed E-state index contributed by atoms with van der Waals surface area (Å²) in [6.45, 7) is 15.6. The summed E-state index contributed by atoms with van der Waals surface area (Å²) in [5, 5.41) is 5.69. The summed E-state index contributed by atoms with van der Waals surface area (Å²) in [6.07, 6.45) is 49.1. The Morgan fingerprint density at radius 2 is 0.710 bits per heavy atom. The summed E-state index contributed by atoms with van der Waals surface area (Å²) in [6, 6.07) is 0. The summed E-state index contributed by atoms with van der Waals surface area (Å²) in [7, 11) is 0. The van der Waals surface area contributed by atoms with Gasteiger partial charge in [-0.05, 0) is 161 Å². The van der Waals surface area contributed by atoms with Gasteiger partial charge in [0.05, 0.1) is 26.1 Å². The molecule has 0 aromatic carbocycles. The van der Waals surface area contributed by atoms with Crippen molar-refractivity contribution in [3.8, 4) is 0 Å². The Kier molecular flexibility index (Phi) is 55.3. The summed E-state index contributed by atoms with van der Waals surface area (Å²) in [5.41, 5.74) is 0. The third kappa shape index (κ3) is 52.2. The van der Waals surface area contributed by atoms with Gasteiger partial charge in [-0.15, -0.1) is 0 Å². The van der Waals surface area contributed by atoms with Crippen LogP contribution < -0.4 is 5.14 Å². The zero-order chi connectivity index (χ0) is 50.2. The van der Waals surface area contributed by atoms with Crippen molar-refractivity contribution >= 4 is 23.9 Å². The van der Waals surface area contributed by atoms with Crippen LogP contribution in [0.15, 0.2) is 48.6 Å². The van der Waals surface area contributed by atoms with E-state index in [1.54, 1.807) is 0 Å². The van der Waals surface area contributed by atoms with Gasteiger partial charge in [0.2, 0.25) is 0 Å². The van der Waals surface area contributed by atoms with Gasteiger partial charge in [-0.25, -0.2) is 0 Å². The van der Waals surface area contributed by atoms with Crippen LogP contribution in [0.1, 0.15) is 233 Å². The van der Waals surface area contributed by atoms with E-state index in [1.807, 2.05) is 0 Å². The lowest BCUT2D eigenvalue weighted by Crippen LogP contribution is -2.27. The average molecular weight is 994 g/mol. The molecule has 69 heavy (non-hydrogen) atoms. The molecule has 2 N–H and O–H groups in total. The fourth-order valence-electron chi connectivity index (χ4n) is 7.66. The monoisotopic (exact) mass is 993 g/mol. The zero-order valence-corrected chi connectivity index (χ0v) is 46.0. The van der Waals surface area contributed by atoms with Crippen LogP contribution in [0.2, 0.25) is 0 Å². The number of esters is 2. The Morgan fingerprint density at radius 3 is 1.04 bits per heavy atom. The smallest absolute Gasteiger partial charge is 0.305 e. The number of carbonyl (C=O) groups is 2. The first-order chi connectivity index (χ1) is 34.0. The zero-order valence-electron chi connectivity index (χ0n) is 45.2. The molecule has 0 aromatic heterocycles. The molecule has 0 aliphatic rings. The Labute approximate surface area is 429 Å². The highest BCUT2D eigenvalue weighted by molar-refractivity contribution is 7.97. The molecule has 404 valence electrons. The highest BCUT2D eigenvalue weighted by atomic mass is 32.2. The molecular formula is C58H108N2O8S. The third-order valence-electron chi connectivity index (χ3n) is 11.8. The Bertz CT molecular complexity index is 1070. The van der Waals surface area contributed by atoms with Crippen molar-refractivity contribution in [2.24, 2.45) is 5.14 Å². The van der Waals surface area contributed by atoms with E-state index < -0.39 is 0 Å². The van der Waals surface area contributed by atoms with E-state index in [1.165, 1.54) is 44.1 Å². The second kappa shape index (κ2) is 56.9. The number of hydrogen-bond acceptors (Lipinski definition) is 11. The summed E-state index contributed by atoms with van der Waals surface area (Å²) < 4.78 is 35.5. The minimum Gasteiger partial charge on any atom is -0.466 e. The van der Waals surface area contributed by atoms with Gasteiger partial charge in [0.1, 0.15) is 0 Å². The van der Waals surface area contributed by atoms with E-state index >= 15 is 0 Å². The maximum atomic E-state index is 12.6. The topological polar surface area (TPSA) is 119 Å². The second-order valence-corrected chi connectivity index (χ2v) is 19.1. The fourth-order valence-corrected chi connectivity index (χ4v) is 8.03. The summed E-state index contributed by atoms with van der Waals surface area (Å²) in [5.74, 6) is 0.696. The molecule has 0 atom stereocenters. The second-order valence-electron chi connectivity index (χ2n) is 18.3.